The first-order valence-corrected chi connectivity index (χ1v) is 10.3. The highest BCUT2D eigenvalue weighted by atomic mass is 32.1. The standard InChI is InChI=1S/C22H17FN4O2S/c23-13-7-5-12(6-8-13)11-25-22-27-21(29)19(30-22)15-9-10-24-20(28)18-17(15)14-3-1-2-4-16(14)26-18/h1-8,29H,9-11H2,(H,24,28)(H,25,27). The normalized spacial score (nSPS) is 15.2. The van der Waals surface area contributed by atoms with Crippen LogP contribution in [0.4, 0.5) is 15.2 Å². The second-order valence-electron chi connectivity index (χ2n) is 6.99. The van der Waals surface area contributed by atoms with Crippen LogP contribution in [0.25, 0.3) is 11.1 Å². The van der Waals surface area contributed by atoms with Gasteiger partial charge in [-0.25, -0.2) is 9.38 Å². The molecule has 1 amide bonds. The molecule has 5 rings (SSSR count). The summed E-state index contributed by atoms with van der Waals surface area (Å²) < 4.78 is 13.1. The van der Waals surface area contributed by atoms with Crippen molar-refractivity contribution in [2.45, 2.75) is 13.0 Å². The number of carbonyl (C=O) groups is 1. The number of carbonyl (C=O) groups excluding carboxylic acids is 1. The van der Waals surface area contributed by atoms with Crippen LogP contribution in [0.2, 0.25) is 0 Å². The summed E-state index contributed by atoms with van der Waals surface area (Å²) in [6.45, 7) is 0.905. The van der Waals surface area contributed by atoms with Gasteiger partial charge in [-0.05, 0) is 35.8 Å². The maximum Gasteiger partial charge on any atom is 0.270 e. The van der Waals surface area contributed by atoms with Crippen LogP contribution < -0.4 is 10.6 Å². The molecule has 6 nitrogen and oxygen atoms in total. The Labute approximate surface area is 175 Å². The van der Waals surface area contributed by atoms with E-state index in [0.29, 0.717) is 35.2 Å². The minimum absolute atomic E-state index is 0.0813. The Hall–Kier alpha value is -3.52. The van der Waals surface area contributed by atoms with E-state index in [1.54, 1.807) is 12.1 Å². The highest BCUT2D eigenvalue weighted by Crippen LogP contribution is 2.45. The molecular weight excluding hydrogens is 403 g/mol. The van der Waals surface area contributed by atoms with E-state index < -0.39 is 0 Å². The summed E-state index contributed by atoms with van der Waals surface area (Å²) in [5, 5.41) is 17.2. The molecule has 3 N–H and O–H groups in total. The van der Waals surface area contributed by atoms with E-state index in [-0.39, 0.29) is 17.6 Å². The van der Waals surface area contributed by atoms with Crippen molar-refractivity contribution in [3.8, 4) is 5.88 Å². The zero-order chi connectivity index (χ0) is 20.7. The van der Waals surface area contributed by atoms with Gasteiger partial charge in [0.25, 0.3) is 5.91 Å². The molecule has 2 aromatic carbocycles. The molecule has 2 aliphatic heterocycles. The highest BCUT2D eigenvalue weighted by molar-refractivity contribution is 7.17. The van der Waals surface area contributed by atoms with Gasteiger partial charge in [0, 0.05) is 24.2 Å². The van der Waals surface area contributed by atoms with Crippen molar-refractivity contribution in [1.29, 1.82) is 0 Å². The second kappa shape index (κ2) is 7.38. The van der Waals surface area contributed by atoms with Crippen LogP contribution in [0.15, 0.2) is 53.5 Å². The van der Waals surface area contributed by atoms with Crippen molar-refractivity contribution < 1.29 is 14.3 Å². The fraction of sp³-hybridized carbons (Fsp3) is 0.136. The molecule has 3 aromatic rings. The molecule has 3 heterocycles. The number of amides is 1. The predicted molar refractivity (Wildman–Crippen MR) is 115 cm³/mol. The molecule has 0 fully saturated rings. The molecule has 0 saturated heterocycles. The molecule has 0 bridgehead atoms. The van der Waals surface area contributed by atoms with Crippen molar-refractivity contribution in [2.24, 2.45) is 4.99 Å². The largest absolute Gasteiger partial charge is 0.492 e. The average molecular weight is 420 g/mol. The lowest BCUT2D eigenvalue weighted by atomic mass is 9.95. The molecule has 0 radical (unpaired) electrons. The number of anilines is 1. The molecule has 0 atom stereocenters. The molecule has 8 heteroatoms. The lowest BCUT2D eigenvalue weighted by Crippen LogP contribution is -2.29. The Kier molecular flexibility index (Phi) is 4.55. The molecule has 1 aromatic heterocycles. The minimum atomic E-state index is -0.285. The number of aromatic hydroxyl groups is 1. The molecule has 2 aliphatic rings. The molecule has 150 valence electrons. The van der Waals surface area contributed by atoms with Crippen molar-refractivity contribution >= 4 is 44.9 Å². The lowest BCUT2D eigenvalue weighted by Gasteiger charge is -2.08. The minimum Gasteiger partial charge on any atom is -0.492 e. The zero-order valence-corrected chi connectivity index (χ0v) is 16.6. The molecular formula is C22H17FN4O2S. The van der Waals surface area contributed by atoms with Crippen LogP contribution in [0.1, 0.15) is 22.4 Å². The first-order chi connectivity index (χ1) is 14.6. The van der Waals surface area contributed by atoms with Gasteiger partial charge < -0.3 is 15.7 Å². The van der Waals surface area contributed by atoms with Gasteiger partial charge in [-0.3, -0.25) is 4.79 Å². The Balaban J connectivity index is 1.51. The first-order valence-electron chi connectivity index (χ1n) is 9.48. The van der Waals surface area contributed by atoms with Crippen LogP contribution in [0.5, 0.6) is 5.88 Å². The van der Waals surface area contributed by atoms with E-state index in [1.165, 1.54) is 23.5 Å². The number of fused-ring (bicyclic) bond motifs is 3. The van der Waals surface area contributed by atoms with E-state index >= 15 is 0 Å². The van der Waals surface area contributed by atoms with Gasteiger partial charge in [0.1, 0.15) is 11.5 Å². The number of halogens is 1. The number of nitrogens with one attached hydrogen (secondary N) is 2. The van der Waals surface area contributed by atoms with Crippen molar-refractivity contribution in [2.75, 3.05) is 11.9 Å². The van der Waals surface area contributed by atoms with Crippen molar-refractivity contribution in [3.63, 3.8) is 0 Å². The Morgan fingerprint density at radius 1 is 1.17 bits per heavy atom. The fourth-order valence-electron chi connectivity index (χ4n) is 3.66. The third kappa shape index (κ3) is 3.25. The predicted octanol–water partition coefficient (Wildman–Crippen LogP) is 4.12. The highest BCUT2D eigenvalue weighted by Gasteiger charge is 2.33. The van der Waals surface area contributed by atoms with E-state index in [1.807, 2.05) is 24.3 Å². The monoisotopic (exact) mass is 420 g/mol. The van der Waals surface area contributed by atoms with Gasteiger partial charge in [0.15, 0.2) is 5.13 Å². The van der Waals surface area contributed by atoms with Crippen LogP contribution >= 0.6 is 11.3 Å². The zero-order valence-electron chi connectivity index (χ0n) is 15.8. The number of rotatable bonds is 4. The third-order valence-corrected chi connectivity index (χ3v) is 6.12. The lowest BCUT2D eigenvalue weighted by molar-refractivity contribution is -0.114. The van der Waals surface area contributed by atoms with Gasteiger partial charge in [0.2, 0.25) is 5.88 Å². The van der Waals surface area contributed by atoms with Gasteiger partial charge in [-0.2, -0.15) is 4.98 Å². The van der Waals surface area contributed by atoms with E-state index in [0.717, 1.165) is 28.0 Å². The van der Waals surface area contributed by atoms with E-state index in [2.05, 4.69) is 20.6 Å². The van der Waals surface area contributed by atoms with Gasteiger partial charge in [-0.1, -0.05) is 41.7 Å². The summed E-state index contributed by atoms with van der Waals surface area (Å²) in [7, 11) is 0. The van der Waals surface area contributed by atoms with Crippen LogP contribution in [-0.4, -0.2) is 28.3 Å². The van der Waals surface area contributed by atoms with Crippen LogP contribution in [-0.2, 0) is 11.3 Å². The summed E-state index contributed by atoms with van der Waals surface area (Å²) in [6, 6.07) is 13.8. The number of nitrogens with zero attached hydrogens (tertiary/aromatic N) is 2. The average Bonchev–Trinajstić information content (AvgIpc) is 3.27. The fourth-order valence-corrected chi connectivity index (χ4v) is 4.59. The van der Waals surface area contributed by atoms with E-state index in [4.69, 9.17) is 0 Å². The van der Waals surface area contributed by atoms with Crippen molar-refractivity contribution in [1.82, 2.24) is 10.3 Å². The summed E-state index contributed by atoms with van der Waals surface area (Å²) >= 11 is 1.32. The maximum absolute atomic E-state index is 13.1. The van der Waals surface area contributed by atoms with Crippen LogP contribution in [0, 0.1) is 5.82 Å². The number of thiazole rings is 1. The summed E-state index contributed by atoms with van der Waals surface area (Å²) in [5.41, 5.74) is 4.51. The molecule has 0 saturated carbocycles. The number of hydrogen-bond donors (Lipinski definition) is 3. The van der Waals surface area contributed by atoms with Crippen molar-refractivity contribution in [3.05, 3.63) is 70.4 Å². The Morgan fingerprint density at radius 3 is 2.80 bits per heavy atom. The Bertz CT molecular complexity index is 1210. The first kappa shape index (κ1) is 18.5. The quantitative estimate of drug-likeness (QED) is 0.593. The summed E-state index contributed by atoms with van der Waals surface area (Å²) in [6.07, 6.45) is 0.557. The SMILES string of the molecule is O=C1NCCC(c2sc(NCc3ccc(F)cc3)nc2O)=C2C1=Nc1ccccc12. The topological polar surface area (TPSA) is 86.6 Å². The van der Waals surface area contributed by atoms with E-state index in [9.17, 15) is 14.3 Å². The molecule has 0 aliphatic carbocycles. The number of para-hydroxylation sites is 1. The van der Waals surface area contributed by atoms with Gasteiger partial charge in [0.05, 0.1) is 10.6 Å². The van der Waals surface area contributed by atoms with Gasteiger partial charge >= 0.3 is 0 Å². The number of benzene rings is 2. The number of aliphatic imine (C=N–C) groups is 1. The smallest absolute Gasteiger partial charge is 0.270 e. The Morgan fingerprint density at radius 2 is 1.97 bits per heavy atom. The number of hydrogen-bond acceptors (Lipinski definition) is 6. The summed E-state index contributed by atoms with van der Waals surface area (Å²) in [4.78, 5) is 21.9. The van der Waals surface area contributed by atoms with Crippen LogP contribution in [0.3, 0.4) is 0 Å². The molecule has 0 spiro atoms. The van der Waals surface area contributed by atoms with Gasteiger partial charge in [-0.15, -0.1) is 0 Å². The third-order valence-electron chi connectivity index (χ3n) is 5.06. The number of aromatic nitrogens is 1. The molecule has 30 heavy (non-hydrogen) atoms. The second-order valence-corrected chi connectivity index (χ2v) is 7.99. The molecule has 0 unspecified atom stereocenters. The maximum atomic E-state index is 13.1. The summed E-state index contributed by atoms with van der Waals surface area (Å²) in [5.74, 6) is -0.579.